The number of H-pyrrole nitrogens is 1. The van der Waals surface area contributed by atoms with E-state index in [2.05, 4.69) is 20.9 Å². The van der Waals surface area contributed by atoms with Gasteiger partial charge in [0, 0.05) is 23.5 Å². The molecule has 4 unspecified atom stereocenters. The first kappa shape index (κ1) is 25.8. The van der Waals surface area contributed by atoms with Crippen LogP contribution >= 0.6 is 0 Å². The number of hydrogen-bond acceptors (Lipinski definition) is 6. The third-order valence-electron chi connectivity index (χ3n) is 5.30. The largest absolute Gasteiger partial charge is 0.480 e. The summed E-state index contributed by atoms with van der Waals surface area (Å²) in [7, 11) is 0. The molecule has 4 atom stereocenters. The molecule has 11 heteroatoms. The van der Waals surface area contributed by atoms with E-state index in [0.29, 0.717) is 0 Å². The van der Waals surface area contributed by atoms with Gasteiger partial charge in [-0.05, 0) is 24.5 Å². The number of aromatic amines is 1. The van der Waals surface area contributed by atoms with Gasteiger partial charge in [-0.2, -0.15) is 0 Å². The maximum atomic E-state index is 12.8. The minimum Gasteiger partial charge on any atom is -0.480 e. The molecule has 0 radical (unpaired) electrons. The number of benzene rings is 1. The quantitative estimate of drug-likeness (QED) is 0.229. The summed E-state index contributed by atoms with van der Waals surface area (Å²) >= 11 is 0. The fourth-order valence-electron chi connectivity index (χ4n) is 3.16. The van der Waals surface area contributed by atoms with E-state index in [1.54, 1.807) is 20.0 Å². The number of aliphatic carboxylic acids is 1. The van der Waals surface area contributed by atoms with E-state index in [1.807, 2.05) is 24.3 Å². The molecule has 2 aromatic rings. The first-order valence-corrected chi connectivity index (χ1v) is 10.6. The Kier molecular flexibility index (Phi) is 8.94. The van der Waals surface area contributed by atoms with Crippen LogP contribution in [0.15, 0.2) is 30.5 Å². The van der Waals surface area contributed by atoms with Crippen molar-refractivity contribution in [2.75, 3.05) is 6.61 Å². The van der Waals surface area contributed by atoms with Crippen molar-refractivity contribution in [3.05, 3.63) is 36.0 Å². The van der Waals surface area contributed by atoms with Crippen molar-refractivity contribution in [3.63, 3.8) is 0 Å². The summed E-state index contributed by atoms with van der Waals surface area (Å²) in [6, 6.07) is 2.90. The van der Waals surface area contributed by atoms with E-state index in [1.165, 1.54) is 6.92 Å². The van der Waals surface area contributed by atoms with Gasteiger partial charge in [-0.25, -0.2) is 4.79 Å². The summed E-state index contributed by atoms with van der Waals surface area (Å²) in [5.41, 5.74) is 7.36. The number of aromatic nitrogens is 1. The molecule has 33 heavy (non-hydrogen) atoms. The highest BCUT2D eigenvalue weighted by atomic mass is 16.4. The summed E-state index contributed by atoms with van der Waals surface area (Å²) in [5, 5.41) is 26.5. The molecule has 0 fully saturated rings. The monoisotopic (exact) mass is 461 g/mol. The van der Waals surface area contributed by atoms with Gasteiger partial charge >= 0.3 is 5.97 Å². The number of rotatable bonds is 11. The number of fused-ring (bicyclic) bond motifs is 1. The van der Waals surface area contributed by atoms with Crippen LogP contribution in [0.5, 0.6) is 0 Å². The van der Waals surface area contributed by atoms with Crippen LogP contribution in [0, 0.1) is 5.92 Å². The van der Waals surface area contributed by atoms with Gasteiger partial charge in [-0.15, -0.1) is 0 Å². The molecule has 3 amide bonds. The minimum atomic E-state index is -1.53. The Balaban J connectivity index is 2.20. The molecule has 0 saturated heterocycles. The average molecular weight is 462 g/mol. The number of nitrogens with one attached hydrogen (secondary N) is 4. The van der Waals surface area contributed by atoms with Gasteiger partial charge in [0.2, 0.25) is 17.7 Å². The van der Waals surface area contributed by atoms with Crippen LogP contribution in [0.2, 0.25) is 0 Å². The number of hydrogen-bond donors (Lipinski definition) is 7. The highest BCUT2D eigenvalue weighted by molar-refractivity contribution is 5.94. The fraction of sp³-hybridized carbons (Fsp3) is 0.455. The normalized spacial score (nSPS) is 14.8. The Morgan fingerprint density at radius 1 is 0.970 bits per heavy atom. The standard InChI is InChI=1S/C22H31N5O6/c1-11(2)18(23)21(31)25-12(3)19(29)26-16(20(30)27-17(10-28)22(32)33)8-13-9-24-15-7-5-4-6-14(13)15/h4-7,9,11-12,16-18,24,28H,8,10,23H2,1-3H3,(H,25,31)(H,26,29)(H,27,30)(H,32,33). The number of aliphatic hydroxyl groups excluding tert-OH is 1. The zero-order valence-corrected chi connectivity index (χ0v) is 18.8. The molecule has 11 nitrogen and oxygen atoms in total. The third-order valence-corrected chi connectivity index (χ3v) is 5.30. The Hall–Kier alpha value is -3.44. The number of carboxylic acids is 1. The zero-order valence-electron chi connectivity index (χ0n) is 18.8. The molecule has 0 spiro atoms. The SMILES string of the molecule is CC(NC(=O)C(N)C(C)C)C(=O)NC(Cc1c[nH]c2ccccc12)C(=O)NC(CO)C(=O)O. The molecule has 2 rings (SSSR count). The number of aliphatic hydroxyl groups is 1. The van der Waals surface area contributed by atoms with Crippen LogP contribution in [0.3, 0.4) is 0 Å². The molecule has 180 valence electrons. The van der Waals surface area contributed by atoms with Crippen molar-refractivity contribution in [1.82, 2.24) is 20.9 Å². The van der Waals surface area contributed by atoms with Gasteiger partial charge in [0.25, 0.3) is 0 Å². The molecule has 0 saturated carbocycles. The lowest BCUT2D eigenvalue weighted by Gasteiger charge is -2.24. The molecule has 0 aliphatic heterocycles. The van der Waals surface area contributed by atoms with Crippen LogP contribution in [0.1, 0.15) is 26.3 Å². The molecule has 1 aromatic carbocycles. The predicted octanol–water partition coefficient (Wildman–Crippen LogP) is -0.755. The highest BCUT2D eigenvalue weighted by Crippen LogP contribution is 2.19. The number of amides is 3. The number of nitrogens with two attached hydrogens (primary N) is 1. The van der Waals surface area contributed by atoms with E-state index in [4.69, 9.17) is 10.8 Å². The van der Waals surface area contributed by atoms with Crippen LogP contribution < -0.4 is 21.7 Å². The predicted molar refractivity (Wildman–Crippen MR) is 121 cm³/mol. The highest BCUT2D eigenvalue weighted by Gasteiger charge is 2.29. The van der Waals surface area contributed by atoms with E-state index < -0.39 is 54.5 Å². The van der Waals surface area contributed by atoms with Crippen molar-refractivity contribution in [2.24, 2.45) is 11.7 Å². The summed E-state index contributed by atoms with van der Waals surface area (Å²) in [5.74, 6) is -3.47. The van der Waals surface area contributed by atoms with E-state index in [9.17, 15) is 24.3 Å². The molecular weight excluding hydrogens is 430 g/mol. The number of carbonyl (C=O) groups excluding carboxylic acids is 3. The zero-order chi connectivity index (χ0) is 24.7. The maximum absolute atomic E-state index is 12.8. The first-order chi connectivity index (χ1) is 15.5. The van der Waals surface area contributed by atoms with Crippen LogP contribution in [0.4, 0.5) is 0 Å². The van der Waals surface area contributed by atoms with Crippen molar-refractivity contribution < 1.29 is 29.4 Å². The lowest BCUT2D eigenvalue weighted by Crippen LogP contribution is -2.57. The molecular formula is C22H31N5O6. The lowest BCUT2D eigenvalue weighted by molar-refractivity contribution is -0.143. The minimum absolute atomic E-state index is 0.0472. The van der Waals surface area contributed by atoms with E-state index in [0.717, 1.165) is 16.5 Å². The second-order valence-corrected chi connectivity index (χ2v) is 8.21. The van der Waals surface area contributed by atoms with E-state index >= 15 is 0 Å². The van der Waals surface area contributed by atoms with Gasteiger partial charge in [0.15, 0.2) is 0 Å². The van der Waals surface area contributed by atoms with Crippen LogP contribution in [-0.2, 0) is 25.6 Å². The first-order valence-electron chi connectivity index (χ1n) is 10.6. The number of carbonyl (C=O) groups is 4. The van der Waals surface area contributed by atoms with Gasteiger partial charge in [0.05, 0.1) is 12.6 Å². The maximum Gasteiger partial charge on any atom is 0.328 e. The summed E-state index contributed by atoms with van der Waals surface area (Å²) in [4.78, 5) is 52.1. The molecule has 1 heterocycles. The molecule has 0 bridgehead atoms. The summed E-state index contributed by atoms with van der Waals surface area (Å²) < 4.78 is 0. The Morgan fingerprint density at radius 2 is 1.61 bits per heavy atom. The van der Waals surface area contributed by atoms with Crippen molar-refractivity contribution in [2.45, 2.75) is 51.4 Å². The second kappa shape index (κ2) is 11.4. The average Bonchev–Trinajstić information content (AvgIpc) is 3.18. The Labute approximate surface area is 191 Å². The van der Waals surface area contributed by atoms with Crippen LogP contribution in [-0.4, -0.2) is 69.7 Å². The molecule has 1 aromatic heterocycles. The topological polar surface area (TPSA) is 187 Å². The van der Waals surface area contributed by atoms with Crippen molar-refractivity contribution in [1.29, 1.82) is 0 Å². The summed E-state index contributed by atoms with van der Waals surface area (Å²) in [6.45, 7) is 4.19. The Morgan fingerprint density at radius 3 is 2.21 bits per heavy atom. The van der Waals surface area contributed by atoms with E-state index in [-0.39, 0.29) is 12.3 Å². The van der Waals surface area contributed by atoms with Gasteiger partial charge in [-0.1, -0.05) is 32.0 Å². The van der Waals surface area contributed by atoms with Gasteiger partial charge in [-0.3, -0.25) is 14.4 Å². The molecule has 0 aliphatic rings. The summed E-state index contributed by atoms with van der Waals surface area (Å²) in [6.07, 6.45) is 1.75. The molecule has 8 N–H and O–H groups in total. The fourth-order valence-corrected chi connectivity index (χ4v) is 3.16. The van der Waals surface area contributed by atoms with Crippen molar-refractivity contribution >= 4 is 34.6 Å². The van der Waals surface area contributed by atoms with Gasteiger partial charge < -0.3 is 36.9 Å². The third kappa shape index (κ3) is 6.77. The second-order valence-electron chi connectivity index (χ2n) is 8.21. The number of para-hydroxylation sites is 1. The number of carboxylic acid groups (broad SMARTS) is 1. The molecule has 0 aliphatic carbocycles. The Bertz CT molecular complexity index is 1000. The lowest BCUT2D eigenvalue weighted by atomic mass is 10.0. The van der Waals surface area contributed by atoms with Crippen molar-refractivity contribution in [3.8, 4) is 0 Å². The van der Waals surface area contributed by atoms with Crippen LogP contribution in [0.25, 0.3) is 10.9 Å². The smallest absolute Gasteiger partial charge is 0.328 e. The van der Waals surface area contributed by atoms with Gasteiger partial charge in [0.1, 0.15) is 18.1 Å².